The highest BCUT2D eigenvalue weighted by Gasteiger charge is 2.22. The van der Waals surface area contributed by atoms with Gasteiger partial charge in [0.25, 0.3) is 0 Å². The van der Waals surface area contributed by atoms with E-state index >= 15 is 0 Å². The van der Waals surface area contributed by atoms with Crippen LogP contribution < -0.4 is 5.32 Å². The molecule has 1 N–H and O–H groups in total. The molecule has 1 aromatic rings. The minimum Gasteiger partial charge on any atom is -0.350 e. The summed E-state index contributed by atoms with van der Waals surface area (Å²) in [5, 5.41) is 2.86. The van der Waals surface area contributed by atoms with Gasteiger partial charge >= 0.3 is 0 Å². The SMILES string of the molecule is C/C(=C/C(=O)NC1CC1)c1cccc(F)c1. The van der Waals surface area contributed by atoms with Crippen LogP contribution in [0.5, 0.6) is 0 Å². The van der Waals surface area contributed by atoms with Crippen LogP contribution >= 0.6 is 0 Å². The molecule has 0 heterocycles. The minimum atomic E-state index is -0.284. The smallest absolute Gasteiger partial charge is 0.244 e. The molecule has 1 fully saturated rings. The molecule has 16 heavy (non-hydrogen) atoms. The van der Waals surface area contributed by atoms with Crippen LogP contribution in [0.3, 0.4) is 0 Å². The number of hydrogen-bond acceptors (Lipinski definition) is 1. The first-order valence-electron chi connectivity index (χ1n) is 5.40. The van der Waals surface area contributed by atoms with E-state index in [-0.39, 0.29) is 11.7 Å². The van der Waals surface area contributed by atoms with Gasteiger partial charge in [0.05, 0.1) is 0 Å². The van der Waals surface area contributed by atoms with Crippen molar-refractivity contribution in [2.75, 3.05) is 0 Å². The van der Waals surface area contributed by atoms with Crippen molar-refractivity contribution in [3.63, 3.8) is 0 Å². The first kappa shape index (κ1) is 10.9. The molecule has 1 aliphatic carbocycles. The molecule has 1 aliphatic rings. The zero-order valence-electron chi connectivity index (χ0n) is 9.16. The summed E-state index contributed by atoms with van der Waals surface area (Å²) in [7, 11) is 0. The second kappa shape index (κ2) is 4.47. The second-order valence-corrected chi connectivity index (χ2v) is 4.12. The average molecular weight is 219 g/mol. The summed E-state index contributed by atoms with van der Waals surface area (Å²) in [4.78, 5) is 11.5. The quantitative estimate of drug-likeness (QED) is 0.777. The summed E-state index contributed by atoms with van der Waals surface area (Å²) in [5.74, 6) is -0.378. The molecule has 0 radical (unpaired) electrons. The van der Waals surface area contributed by atoms with E-state index < -0.39 is 0 Å². The number of carbonyl (C=O) groups excluding carboxylic acids is 1. The Balaban J connectivity index is 2.07. The molecular weight excluding hydrogens is 205 g/mol. The van der Waals surface area contributed by atoms with Crippen molar-refractivity contribution in [2.24, 2.45) is 0 Å². The molecular formula is C13H14FNO. The zero-order chi connectivity index (χ0) is 11.5. The van der Waals surface area contributed by atoms with Gasteiger partial charge in [-0.25, -0.2) is 4.39 Å². The summed E-state index contributed by atoms with van der Waals surface area (Å²) in [5.41, 5.74) is 1.52. The number of hydrogen-bond donors (Lipinski definition) is 1. The van der Waals surface area contributed by atoms with Gasteiger partial charge in [0.2, 0.25) is 5.91 Å². The lowest BCUT2D eigenvalue weighted by atomic mass is 10.1. The van der Waals surface area contributed by atoms with Crippen LogP contribution in [0.25, 0.3) is 5.57 Å². The molecule has 3 heteroatoms. The molecule has 0 atom stereocenters. The predicted molar refractivity (Wildman–Crippen MR) is 61.2 cm³/mol. The second-order valence-electron chi connectivity index (χ2n) is 4.12. The van der Waals surface area contributed by atoms with Crippen LogP contribution in [-0.2, 0) is 4.79 Å². The lowest BCUT2D eigenvalue weighted by Crippen LogP contribution is -2.23. The fourth-order valence-electron chi connectivity index (χ4n) is 1.48. The fourth-order valence-corrected chi connectivity index (χ4v) is 1.48. The topological polar surface area (TPSA) is 29.1 Å². The summed E-state index contributed by atoms with van der Waals surface area (Å²) in [6.45, 7) is 1.81. The summed E-state index contributed by atoms with van der Waals surface area (Å²) >= 11 is 0. The largest absolute Gasteiger partial charge is 0.350 e. The van der Waals surface area contributed by atoms with E-state index in [0.29, 0.717) is 6.04 Å². The van der Waals surface area contributed by atoms with Crippen LogP contribution in [0.1, 0.15) is 25.3 Å². The maximum Gasteiger partial charge on any atom is 0.244 e. The van der Waals surface area contributed by atoms with Gasteiger partial charge in [0.1, 0.15) is 5.82 Å². The van der Waals surface area contributed by atoms with E-state index in [1.807, 2.05) is 0 Å². The van der Waals surface area contributed by atoms with Crippen LogP contribution in [0, 0.1) is 5.82 Å². The molecule has 1 amide bonds. The fraction of sp³-hybridized carbons (Fsp3) is 0.308. The first-order valence-corrected chi connectivity index (χ1v) is 5.40. The van der Waals surface area contributed by atoms with Crippen LogP contribution in [0.2, 0.25) is 0 Å². The summed E-state index contributed by atoms with van der Waals surface area (Å²) < 4.78 is 13.0. The van der Waals surface area contributed by atoms with E-state index in [0.717, 1.165) is 24.0 Å². The normalized spacial score (nSPS) is 16.0. The molecule has 0 aromatic heterocycles. The van der Waals surface area contributed by atoms with Gasteiger partial charge in [0, 0.05) is 12.1 Å². The maximum absolute atomic E-state index is 13.0. The number of carbonyl (C=O) groups is 1. The summed E-state index contributed by atoms with van der Waals surface area (Å²) in [6, 6.07) is 6.60. The third-order valence-corrected chi connectivity index (χ3v) is 2.55. The van der Waals surface area contributed by atoms with Crippen LogP contribution in [0.4, 0.5) is 4.39 Å². The Morgan fingerprint density at radius 2 is 2.25 bits per heavy atom. The first-order chi connectivity index (χ1) is 7.65. The highest BCUT2D eigenvalue weighted by Crippen LogP contribution is 2.19. The zero-order valence-corrected chi connectivity index (χ0v) is 9.16. The molecule has 84 valence electrons. The van der Waals surface area contributed by atoms with E-state index in [1.165, 1.54) is 18.2 Å². The molecule has 0 spiro atoms. The number of benzene rings is 1. The van der Waals surface area contributed by atoms with Gasteiger partial charge in [-0.05, 0) is 43.0 Å². The Morgan fingerprint density at radius 1 is 1.50 bits per heavy atom. The highest BCUT2D eigenvalue weighted by molar-refractivity contribution is 5.95. The van der Waals surface area contributed by atoms with Crippen LogP contribution in [-0.4, -0.2) is 11.9 Å². The third kappa shape index (κ3) is 2.92. The van der Waals surface area contributed by atoms with E-state index in [2.05, 4.69) is 5.32 Å². The van der Waals surface area contributed by atoms with Gasteiger partial charge in [-0.2, -0.15) is 0 Å². The van der Waals surface area contributed by atoms with Crippen molar-refractivity contribution in [2.45, 2.75) is 25.8 Å². The summed E-state index contributed by atoms with van der Waals surface area (Å²) in [6.07, 6.45) is 3.66. The standard InChI is InChI=1S/C13H14FNO/c1-9(7-13(16)15-12-5-6-12)10-3-2-4-11(14)8-10/h2-4,7-8,12H,5-6H2,1H3,(H,15,16)/b9-7-. The Labute approximate surface area is 94.2 Å². The average Bonchev–Trinajstić information content (AvgIpc) is 3.01. The predicted octanol–water partition coefficient (Wildman–Crippen LogP) is 2.51. The maximum atomic E-state index is 13.0. The highest BCUT2D eigenvalue weighted by atomic mass is 19.1. The van der Waals surface area contributed by atoms with Gasteiger partial charge in [-0.1, -0.05) is 12.1 Å². The molecule has 0 unspecified atom stereocenters. The Morgan fingerprint density at radius 3 is 2.88 bits per heavy atom. The lowest BCUT2D eigenvalue weighted by molar-refractivity contribution is -0.116. The number of amides is 1. The van der Waals surface area contributed by atoms with Gasteiger partial charge in [0.15, 0.2) is 0 Å². The van der Waals surface area contributed by atoms with Crippen molar-refractivity contribution in [3.05, 3.63) is 41.7 Å². The molecule has 0 aliphatic heterocycles. The molecule has 0 saturated heterocycles. The third-order valence-electron chi connectivity index (χ3n) is 2.55. The van der Waals surface area contributed by atoms with E-state index in [1.54, 1.807) is 19.1 Å². The van der Waals surface area contributed by atoms with E-state index in [9.17, 15) is 9.18 Å². The number of allylic oxidation sites excluding steroid dienone is 1. The molecule has 2 rings (SSSR count). The number of nitrogens with one attached hydrogen (secondary N) is 1. The monoisotopic (exact) mass is 219 g/mol. The number of rotatable bonds is 3. The van der Waals surface area contributed by atoms with Crippen LogP contribution in [0.15, 0.2) is 30.3 Å². The van der Waals surface area contributed by atoms with Gasteiger partial charge in [-0.15, -0.1) is 0 Å². The molecule has 1 saturated carbocycles. The Kier molecular flexibility index (Phi) is 3.04. The lowest BCUT2D eigenvalue weighted by Gasteiger charge is -2.02. The number of halogens is 1. The van der Waals surface area contributed by atoms with Crippen molar-refractivity contribution in [1.82, 2.24) is 5.32 Å². The van der Waals surface area contributed by atoms with Crippen molar-refractivity contribution in [3.8, 4) is 0 Å². The molecule has 0 bridgehead atoms. The van der Waals surface area contributed by atoms with Crippen molar-refractivity contribution < 1.29 is 9.18 Å². The van der Waals surface area contributed by atoms with Crippen molar-refractivity contribution in [1.29, 1.82) is 0 Å². The van der Waals surface area contributed by atoms with Gasteiger partial charge < -0.3 is 5.32 Å². The Bertz CT molecular complexity index is 435. The molecule has 1 aromatic carbocycles. The van der Waals surface area contributed by atoms with Crippen molar-refractivity contribution >= 4 is 11.5 Å². The minimum absolute atomic E-state index is 0.0933. The Hall–Kier alpha value is -1.64. The molecule has 2 nitrogen and oxygen atoms in total. The van der Waals surface area contributed by atoms with Gasteiger partial charge in [-0.3, -0.25) is 4.79 Å². The van der Waals surface area contributed by atoms with E-state index in [4.69, 9.17) is 0 Å².